The first kappa shape index (κ1) is 17.8. The van der Waals surface area contributed by atoms with E-state index in [2.05, 4.69) is 9.68 Å². The first-order valence-corrected chi connectivity index (χ1v) is 6.12. The first-order valence-electron chi connectivity index (χ1n) is 6.12. The van der Waals surface area contributed by atoms with Crippen molar-refractivity contribution in [3.8, 4) is 0 Å². The van der Waals surface area contributed by atoms with Crippen LogP contribution in [-0.4, -0.2) is 21.9 Å². The molecule has 0 radical (unpaired) electrons. The minimum atomic E-state index is -1.04. The Balaban J connectivity index is 2.88. The van der Waals surface area contributed by atoms with Gasteiger partial charge in [-0.3, -0.25) is 4.79 Å². The van der Waals surface area contributed by atoms with E-state index in [1.165, 1.54) is 18.2 Å². The Bertz CT molecular complexity index is 593. The molecule has 0 aliphatic carbocycles. The lowest BCUT2D eigenvalue weighted by Crippen LogP contribution is -2.13. The second kappa shape index (κ2) is 8.26. The standard InChI is InChI=1S/C12H12N2O9/c1-8(15)12(16)21-5-9-2-10(6-22-13(17)18)4-11(3-9)7-23-14(19)20/h2-4H,5-7H2,1H3. The molecule has 0 aliphatic heterocycles. The van der Waals surface area contributed by atoms with Crippen LogP contribution in [0.15, 0.2) is 18.2 Å². The molecule has 0 spiro atoms. The fourth-order valence-electron chi connectivity index (χ4n) is 1.59. The first-order chi connectivity index (χ1) is 10.8. The number of carbonyl (C=O) groups is 2. The van der Waals surface area contributed by atoms with Gasteiger partial charge in [0.1, 0.15) is 19.8 Å². The highest BCUT2D eigenvalue weighted by Gasteiger charge is 2.11. The fourth-order valence-corrected chi connectivity index (χ4v) is 1.59. The van der Waals surface area contributed by atoms with Crippen molar-refractivity contribution < 1.29 is 34.2 Å². The summed E-state index contributed by atoms with van der Waals surface area (Å²) in [5.74, 6) is -1.82. The average molecular weight is 328 g/mol. The summed E-state index contributed by atoms with van der Waals surface area (Å²) < 4.78 is 4.71. The number of rotatable bonds is 9. The van der Waals surface area contributed by atoms with Gasteiger partial charge in [-0.05, 0) is 16.7 Å². The molecule has 1 rings (SSSR count). The molecule has 0 heterocycles. The summed E-state index contributed by atoms with van der Waals surface area (Å²) in [6.07, 6.45) is 0. The zero-order valence-electron chi connectivity index (χ0n) is 11.9. The monoisotopic (exact) mass is 328 g/mol. The molecule has 124 valence electrons. The molecule has 11 heteroatoms. The third-order valence-electron chi connectivity index (χ3n) is 2.44. The Kier molecular flexibility index (Phi) is 6.40. The van der Waals surface area contributed by atoms with Gasteiger partial charge in [0.05, 0.1) is 0 Å². The van der Waals surface area contributed by atoms with E-state index in [1.807, 2.05) is 0 Å². The van der Waals surface area contributed by atoms with Crippen molar-refractivity contribution in [2.24, 2.45) is 0 Å². The third-order valence-corrected chi connectivity index (χ3v) is 2.44. The van der Waals surface area contributed by atoms with E-state index in [9.17, 15) is 29.8 Å². The van der Waals surface area contributed by atoms with Crippen LogP contribution in [-0.2, 0) is 43.8 Å². The van der Waals surface area contributed by atoms with E-state index in [-0.39, 0.29) is 6.61 Å². The van der Waals surface area contributed by atoms with Gasteiger partial charge in [0.25, 0.3) is 10.2 Å². The molecule has 1 aromatic rings. The number of carbonyl (C=O) groups excluding carboxylic acids is 2. The van der Waals surface area contributed by atoms with Crippen LogP contribution in [0.2, 0.25) is 0 Å². The summed E-state index contributed by atoms with van der Waals surface area (Å²) in [5.41, 5.74) is 1.01. The molecule has 0 saturated carbocycles. The van der Waals surface area contributed by atoms with Crippen molar-refractivity contribution >= 4 is 11.8 Å². The second-order valence-electron chi connectivity index (χ2n) is 4.28. The maximum atomic E-state index is 11.1. The normalized spacial score (nSPS) is 9.78. The minimum Gasteiger partial charge on any atom is -0.455 e. The fraction of sp³-hybridized carbons (Fsp3) is 0.333. The van der Waals surface area contributed by atoms with Crippen LogP contribution in [0.3, 0.4) is 0 Å². The highest BCUT2D eigenvalue weighted by atomic mass is 17.0. The molecule has 0 aliphatic rings. The highest BCUT2D eigenvalue weighted by Crippen LogP contribution is 2.14. The van der Waals surface area contributed by atoms with E-state index < -0.39 is 35.1 Å². The molecule has 1 aromatic carbocycles. The summed E-state index contributed by atoms with van der Waals surface area (Å²) in [5, 5.41) is 18.4. The van der Waals surface area contributed by atoms with Gasteiger partial charge in [0, 0.05) is 6.92 Å². The van der Waals surface area contributed by atoms with Crippen LogP contribution < -0.4 is 0 Å². The summed E-state index contributed by atoms with van der Waals surface area (Å²) in [6.45, 7) is -0.0316. The highest BCUT2D eigenvalue weighted by molar-refractivity contribution is 6.32. The number of ketones is 1. The van der Waals surface area contributed by atoms with Gasteiger partial charge >= 0.3 is 5.97 Å². The Hall–Kier alpha value is -3.24. The van der Waals surface area contributed by atoms with E-state index in [1.54, 1.807) is 0 Å². The van der Waals surface area contributed by atoms with Crippen LogP contribution in [0, 0.1) is 20.2 Å². The average Bonchev–Trinajstić information content (AvgIpc) is 2.48. The van der Waals surface area contributed by atoms with Gasteiger partial charge in [0.2, 0.25) is 5.78 Å². The topological polar surface area (TPSA) is 148 Å². The molecule has 0 amide bonds. The summed E-state index contributed by atoms with van der Waals surface area (Å²) >= 11 is 0. The lowest BCUT2D eigenvalue weighted by Gasteiger charge is -2.09. The van der Waals surface area contributed by atoms with E-state index >= 15 is 0 Å². The Morgan fingerprint density at radius 3 is 1.65 bits per heavy atom. The van der Waals surface area contributed by atoms with Gasteiger partial charge in [0.15, 0.2) is 0 Å². The van der Waals surface area contributed by atoms with E-state index in [0.29, 0.717) is 16.7 Å². The predicted octanol–water partition coefficient (Wildman–Crippen LogP) is 0.735. The molecule has 0 saturated heterocycles. The summed E-state index contributed by atoms with van der Waals surface area (Å²) in [6, 6.07) is 4.28. The number of Topliss-reactive ketones (excluding diaryl/α,β-unsaturated/α-hetero) is 1. The van der Waals surface area contributed by atoms with Crippen molar-refractivity contribution in [3.05, 3.63) is 55.1 Å². The Morgan fingerprint density at radius 1 is 0.913 bits per heavy atom. The number of nitrogens with zero attached hydrogens (tertiary/aromatic N) is 2. The summed E-state index contributed by atoms with van der Waals surface area (Å²) in [4.78, 5) is 50.8. The van der Waals surface area contributed by atoms with Crippen molar-refractivity contribution in [1.82, 2.24) is 0 Å². The van der Waals surface area contributed by atoms with Crippen LogP contribution >= 0.6 is 0 Å². The molecule has 0 aromatic heterocycles. The largest absolute Gasteiger partial charge is 0.455 e. The molecule has 0 fully saturated rings. The molecular formula is C12H12N2O9. The van der Waals surface area contributed by atoms with Gasteiger partial charge < -0.3 is 14.4 Å². The predicted molar refractivity (Wildman–Crippen MR) is 70.5 cm³/mol. The zero-order valence-corrected chi connectivity index (χ0v) is 11.9. The number of hydrogen-bond acceptors (Lipinski definition) is 9. The number of ether oxygens (including phenoxy) is 1. The van der Waals surface area contributed by atoms with Crippen molar-refractivity contribution in [3.63, 3.8) is 0 Å². The van der Waals surface area contributed by atoms with Gasteiger partial charge in [-0.1, -0.05) is 18.2 Å². The Morgan fingerprint density at radius 2 is 1.30 bits per heavy atom. The second-order valence-corrected chi connectivity index (χ2v) is 4.28. The van der Waals surface area contributed by atoms with Crippen molar-refractivity contribution in [2.45, 2.75) is 26.7 Å². The van der Waals surface area contributed by atoms with Gasteiger partial charge in [-0.25, -0.2) is 4.79 Å². The molecule has 0 atom stereocenters. The molecule has 0 bridgehead atoms. The van der Waals surface area contributed by atoms with E-state index in [0.717, 1.165) is 6.92 Å². The summed E-state index contributed by atoms with van der Waals surface area (Å²) in [7, 11) is 0. The third kappa shape index (κ3) is 6.84. The van der Waals surface area contributed by atoms with E-state index in [4.69, 9.17) is 4.74 Å². The quantitative estimate of drug-likeness (QED) is 0.277. The Labute approximate surface area is 128 Å². The number of esters is 1. The van der Waals surface area contributed by atoms with Crippen LogP contribution in [0.5, 0.6) is 0 Å². The molecule has 0 N–H and O–H groups in total. The molecule has 23 heavy (non-hydrogen) atoms. The van der Waals surface area contributed by atoms with Crippen LogP contribution in [0.4, 0.5) is 0 Å². The SMILES string of the molecule is CC(=O)C(=O)OCc1cc(CO[N+](=O)[O-])cc(CO[N+](=O)[O-])c1. The maximum absolute atomic E-state index is 11.1. The molecule has 0 unspecified atom stereocenters. The lowest BCUT2D eigenvalue weighted by molar-refractivity contribution is -0.763. The number of benzene rings is 1. The minimum absolute atomic E-state index is 0.282. The van der Waals surface area contributed by atoms with Crippen molar-refractivity contribution in [2.75, 3.05) is 0 Å². The zero-order chi connectivity index (χ0) is 17.4. The van der Waals surface area contributed by atoms with Crippen LogP contribution in [0.1, 0.15) is 23.6 Å². The maximum Gasteiger partial charge on any atom is 0.374 e. The van der Waals surface area contributed by atoms with Crippen molar-refractivity contribution in [1.29, 1.82) is 0 Å². The van der Waals surface area contributed by atoms with Gasteiger partial charge in [-0.15, -0.1) is 20.2 Å². The van der Waals surface area contributed by atoms with Crippen LogP contribution in [0.25, 0.3) is 0 Å². The van der Waals surface area contributed by atoms with Gasteiger partial charge in [-0.2, -0.15) is 0 Å². The molecule has 11 nitrogen and oxygen atoms in total. The molecular weight excluding hydrogens is 316 g/mol. The smallest absolute Gasteiger partial charge is 0.374 e. The number of hydrogen-bond donors (Lipinski definition) is 0. The lowest BCUT2D eigenvalue weighted by atomic mass is 10.1.